The second-order valence-corrected chi connectivity index (χ2v) is 5.10. The predicted molar refractivity (Wildman–Crippen MR) is 58.6 cm³/mol. The minimum atomic E-state index is -3.92. The highest BCUT2D eigenvalue weighted by Gasteiger charge is 2.44. The lowest BCUT2D eigenvalue weighted by Crippen LogP contribution is -2.59. The molecule has 1 aliphatic rings. The number of piperazine rings is 1. The molecule has 0 aromatic carbocycles. The van der Waals surface area contributed by atoms with E-state index in [0.29, 0.717) is 19.0 Å². The zero-order valence-electron chi connectivity index (χ0n) is 10.4. The molecule has 0 saturated carbocycles. The Labute approximate surface area is 99.4 Å². The molecule has 1 aliphatic heterocycles. The molecule has 0 amide bonds. The lowest BCUT2D eigenvalue weighted by Gasteiger charge is -2.41. The fraction of sp³-hybridized carbons (Fsp3) is 1.00. The van der Waals surface area contributed by atoms with Gasteiger partial charge in [0.15, 0.2) is 0 Å². The maximum Gasteiger partial charge on any atom is 0.319 e. The van der Waals surface area contributed by atoms with Gasteiger partial charge in [0, 0.05) is 25.2 Å². The Kier molecular flexibility index (Phi) is 4.77. The quantitative estimate of drug-likeness (QED) is 0.776. The normalized spacial score (nSPS) is 28.1. The van der Waals surface area contributed by atoms with Gasteiger partial charge < -0.3 is 5.32 Å². The maximum absolute atomic E-state index is 13.0. The molecule has 102 valence electrons. The fourth-order valence-electron chi connectivity index (χ4n) is 1.95. The van der Waals surface area contributed by atoms with Crippen LogP contribution in [0.3, 0.4) is 0 Å². The summed E-state index contributed by atoms with van der Waals surface area (Å²) in [5.41, 5.74) is 0. The summed E-state index contributed by atoms with van der Waals surface area (Å²) in [6.45, 7) is 5.82. The molecule has 2 unspecified atom stereocenters. The van der Waals surface area contributed by atoms with Crippen molar-refractivity contribution in [2.24, 2.45) is 5.92 Å². The molecule has 17 heavy (non-hydrogen) atoms. The van der Waals surface area contributed by atoms with Gasteiger partial charge >= 0.3 is 12.3 Å². The zero-order valence-corrected chi connectivity index (χ0v) is 10.4. The van der Waals surface area contributed by atoms with E-state index in [9.17, 15) is 17.6 Å². The highest BCUT2D eigenvalue weighted by atomic mass is 19.3. The van der Waals surface area contributed by atoms with Gasteiger partial charge in [0.2, 0.25) is 0 Å². The molecule has 1 saturated heterocycles. The Morgan fingerprint density at radius 3 is 2.41 bits per heavy atom. The van der Waals surface area contributed by atoms with Gasteiger partial charge in [0.1, 0.15) is 0 Å². The average molecular weight is 256 g/mol. The van der Waals surface area contributed by atoms with Crippen LogP contribution in [0.5, 0.6) is 0 Å². The summed E-state index contributed by atoms with van der Waals surface area (Å²) < 4.78 is 50.4. The van der Waals surface area contributed by atoms with E-state index in [0.717, 1.165) is 0 Å². The Morgan fingerprint density at radius 2 is 1.94 bits per heavy atom. The van der Waals surface area contributed by atoms with Crippen LogP contribution in [0, 0.1) is 5.92 Å². The van der Waals surface area contributed by atoms with Crippen molar-refractivity contribution in [3.05, 3.63) is 0 Å². The van der Waals surface area contributed by atoms with Crippen LogP contribution in [-0.2, 0) is 0 Å². The monoisotopic (exact) mass is 256 g/mol. The molecular formula is C11H20F4N2. The van der Waals surface area contributed by atoms with E-state index >= 15 is 0 Å². The Balaban J connectivity index is 2.62. The number of rotatable bonds is 4. The third kappa shape index (κ3) is 3.81. The van der Waals surface area contributed by atoms with E-state index in [-0.39, 0.29) is 12.1 Å². The molecule has 2 atom stereocenters. The molecule has 1 N–H and O–H groups in total. The topological polar surface area (TPSA) is 15.3 Å². The first-order valence-corrected chi connectivity index (χ1v) is 5.87. The summed E-state index contributed by atoms with van der Waals surface area (Å²) in [7, 11) is 0. The number of hydrogen-bond acceptors (Lipinski definition) is 2. The van der Waals surface area contributed by atoms with E-state index < -0.39 is 18.9 Å². The number of alkyl halides is 4. The van der Waals surface area contributed by atoms with Gasteiger partial charge in [-0.15, -0.1) is 0 Å². The summed E-state index contributed by atoms with van der Waals surface area (Å²) in [5.74, 6) is -3.63. The molecule has 6 heteroatoms. The number of nitrogens with zero attached hydrogens (tertiary/aromatic N) is 1. The molecular weight excluding hydrogens is 236 g/mol. The lowest BCUT2D eigenvalue weighted by atomic mass is 9.99. The van der Waals surface area contributed by atoms with Gasteiger partial charge in [0.05, 0.1) is 6.54 Å². The smallest absolute Gasteiger partial charge is 0.311 e. The van der Waals surface area contributed by atoms with Crippen LogP contribution in [-0.4, -0.2) is 49.0 Å². The van der Waals surface area contributed by atoms with Crippen molar-refractivity contribution < 1.29 is 17.6 Å². The first-order chi connectivity index (χ1) is 7.74. The van der Waals surface area contributed by atoms with Crippen molar-refractivity contribution >= 4 is 0 Å². The molecule has 0 aromatic heterocycles. The van der Waals surface area contributed by atoms with Crippen LogP contribution in [0.4, 0.5) is 17.6 Å². The summed E-state index contributed by atoms with van der Waals surface area (Å²) in [5, 5.41) is 3.24. The summed E-state index contributed by atoms with van der Waals surface area (Å²) >= 11 is 0. The molecule has 0 bridgehead atoms. The van der Waals surface area contributed by atoms with Gasteiger partial charge in [-0.25, -0.2) is 8.78 Å². The van der Waals surface area contributed by atoms with Crippen molar-refractivity contribution in [3.8, 4) is 0 Å². The highest BCUT2D eigenvalue weighted by molar-refractivity contribution is 4.88. The van der Waals surface area contributed by atoms with E-state index in [2.05, 4.69) is 5.32 Å². The van der Waals surface area contributed by atoms with Crippen molar-refractivity contribution in [2.45, 2.75) is 45.2 Å². The fourth-order valence-corrected chi connectivity index (χ4v) is 1.95. The Hall–Kier alpha value is -0.360. The highest BCUT2D eigenvalue weighted by Crippen LogP contribution is 2.26. The predicted octanol–water partition coefficient (Wildman–Crippen LogP) is 2.21. The summed E-state index contributed by atoms with van der Waals surface area (Å²) in [4.78, 5) is 1.45. The number of halogens is 4. The molecule has 0 aliphatic carbocycles. The molecule has 2 nitrogen and oxygen atoms in total. The van der Waals surface area contributed by atoms with Crippen LogP contribution >= 0.6 is 0 Å². The second kappa shape index (κ2) is 5.52. The van der Waals surface area contributed by atoms with Gasteiger partial charge in [-0.1, -0.05) is 13.8 Å². The van der Waals surface area contributed by atoms with Crippen LogP contribution in [0.15, 0.2) is 0 Å². The third-order valence-electron chi connectivity index (χ3n) is 3.27. The van der Waals surface area contributed by atoms with Crippen molar-refractivity contribution in [1.29, 1.82) is 0 Å². The first kappa shape index (κ1) is 14.7. The lowest BCUT2D eigenvalue weighted by molar-refractivity contribution is -0.148. The van der Waals surface area contributed by atoms with Crippen molar-refractivity contribution in [3.63, 3.8) is 0 Å². The number of hydrogen-bond donors (Lipinski definition) is 1. The van der Waals surface area contributed by atoms with E-state index in [1.54, 1.807) is 6.92 Å². The molecule has 0 aromatic rings. The van der Waals surface area contributed by atoms with Crippen LogP contribution in [0.25, 0.3) is 0 Å². The Bertz CT molecular complexity index is 246. The average Bonchev–Trinajstić information content (AvgIpc) is 2.20. The van der Waals surface area contributed by atoms with Gasteiger partial charge in [-0.05, 0) is 12.8 Å². The van der Waals surface area contributed by atoms with E-state index in [1.807, 2.05) is 13.8 Å². The van der Waals surface area contributed by atoms with Crippen LogP contribution < -0.4 is 5.32 Å². The zero-order chi connectivity index (χ0) is 13.2. The molecule has 0 radical (unpaired) electrons. The summed E-state index contributed by atoms with van der Waals surface area (Å²) in [6.07, 6.45) is -3.60. The van der Waals surface area contributed by atoms with Gasteiger partial charge in [-0.3, -0.25) is 4.90 Å². The SMILES string of the molecule is CC(C)C1CN(CC(F)(F)C(F)F)C(C)CN1. The number of nitrogens with one attached hydrogen (secondary N) is 1. The second-order valence-electron chi connectivity index (χ2n) is 5.10. The van der Waals surface area contributed by atoms with Gasteiger partial charge in [0.25, 0.3) is 0 Å². The minimum Gasteiger partial charge on any atom is -0.311 e. The van der Waals surface area contributed by atoms with E-state index in [4.69, 9.17) is 0 Å². The van der Waals surface area contributed by atoms with Crippen LogP contribution in [0.1, 0.15) is 20.8 Å². The standard InChI is InChI=1S/C11H20F4N2/c1-7(2)9-5-17(8(3)4-16-9)6-11(14,15)10(12)13/h7-10,16H,4-6H2,1-3H3. The Morgan fingerprint density at radius 1 is 1.35 bits per heavy atom. The molecule has 1 rings (SSSR count). The van der Waals surface area contributed by atoms with Crippen molar-refractivity contribution in [2.75, 3.05) is 19.6 Å². The molecule has 1 fully saturated rings. The maximum atomic E-state index is 13.0. The van der Waals surface area contributed by atoms with Crippen molar-refractivity contribution in [1.82, 2.24) is 10.2 Å². The molecule has 1 heterocycles. The first-order valence-electron chi connectivity index (χ1n) is 5.87. The van der Waals surface area contributed by atoms with E-state index in [1.165, 1.54) is 4.90 Å². The molecule has 0 spiro atoms. The minimum absolute atomic E-state index is 0.0830. The van der Waals surface area contributed by atoms with Gasteiger partial charge in [-0.2, -0.15) is 8.78 Å². The third-order valence-corrected chi connectivity index (χ3v) is 3.27. The largest absolute Gasteiger partial charge is 0.319 e. The van der Waals surface area contributed by atoms with Crippen LogP contribution in [0.2, 0.25) is 0 Å². The summed E-state index contributed by atoms with van der Waals surface area (Å²) in [6, 6.07) is -0.0608.